The van der Waals surface area contributed by atoms with E-state index >= 15 is 0 Å². The standard InChI is InChI=1S/C16H19NOS2/c18-20-10-8-14(9-11-20)17-12-15-6-7-16(19-15)13-4-2-1-3-5-13/h1-7,14,17H,8-12H2. The Kier molecular flexibility index (Phi) is 4.65. The first-order valence-electron chi connectivity index (χ1n) is 7.04. The molecular weight excluding hydrogens is 286 g/mol. The Morgan fingerprint density at radius 3 is 2.60 bits per heavy atom. The van der Waals surface area contributed by atoms with Gasteiger partial charge in [0.15, 0.2) is 0 Å². The Balaban J connectivity index is 1.57. The molecule has 0 unspecified atom stereocenters. The van der Waals surface area contributed by atoms with Crippen LogP contribution < -0.4 is 5.32 Å². The summed E-state index contributed by atoms with van der Waals surface area (Å²) in [5, 5.41) is 3.60. The smallest absolute Gasteiger partial charge is 0.0346 e. The molecule has 1 aliphatic heterocycles. The zero-order chi connectivity index (χ0) is 13.8. The lowest BCUT2D eigenvalue weighted by Crippen LogP contribution is -2.35. The lowest BCUT2D eigenvalue weighted by atomic mass is 10.1. The normalized spacial score (nSPS) is 22.8. The van der Waals surface area contributed by atoms with Crippen molar-refractivity contribution in [1.82, 2.24) is 5.32 Å². The third-order valence-electron chi connectivity index (χ3n) is 3.67. The van der Waals surface area contributed by atoms with E-state index in [-0.39, 0.29) is 0 Å². The molecule has 0 spiro atoms. The van der Waals surface area contributed by atoms with Gasteiger partial charge in [-0.1, -0.05) is 30.3 Å². The Labute approximate surface area is 126 Å². The van der Waals surface area contributed by atoms with Gasteiger partial charge in [-0.15, -0.1) is 11.3 Å². The summed E-state index contributed by atoms with van der Waals surface area (Å²) in [5.41, 5.74) is 1.29. The lowest BCUT2D eigenvalue weighted by Gasteiger charge is -2.22. The molecule has 2 nitrogen and oxygen atoms in total. The minimum atomic E-state index is -0.567. The number of thiophene rings is 1. The molecule has 3 rings (SSSR count). The first-order valence-corrected chi connectivity index (χ1v) is 9.34. The first-order chi connectivity index (χ1) is 9.81. The van der Waals surface area contributed by atoms with Crippen molar-refractivity contribution in [2.45, 2.75) is 25.4 Å². The minimum Gasteiger partial charge on any atom is -0.309 e. The van der Waals surface area contributed by atoms with E-state index in [4.69, 9.17) is 0 Å². The molecular formula is C16H19NOS2. The molecule has 20 heavy (non-hydrogen) atoms. The van der Waals surface area contributed by atoms with Crippen LogP contribution in [0.15, 0.2) is 42.5 Å². The maximum Gasteiger partial charge on any atom is 0.0346 e. The molecule has 0 aliphatic carbocycles. The molecule has 1 fully saturated rings. The van der Waals surface area contributed by atoms with E-state index < -0.39 is 10.8 Å². The highest BCUT2D eigenvalue weighted by atomic mass is 32.2. The zero-order valence-electron chi connectivity index (χ0n) is 11.4. The fraction of sp³-hybridized carbons (Fsp3) is 0.375. The van der Waals surface area contributed by atoms with Crippen LogP contribution in [-0.4, -0.2) is 21.8 Å². The summed E-state index contributed by atoms with van der Waals surface area (Å²) in [6.45, 7) is 0.925. The molecule has 1 saturated heterocycles. The Morgan fingerprint density at radius 2 is 1.85 bits per heavy atom. The van der Waals surface area contributed by atoms with Gasteiger partial charge in [-0.3, -0.25) is 4.21 Å². The maximum absolute atomic E-state index is 11.3. The summed E-state index contributed by atoms with van der Waals surface area (Å²) in [4.78, 5) is 2.70. The fourth-order valence-electron chi connectivity index (χ4n) is 2.47. The third kappa shape index (κ3) is 3.57. The van der Waals surface area contributed by atoms with Crippen LogP contribution in [0.5, 0.6) is 0 Å². The van der Waals surface area contributed by atoms with Crippen LogP contribution in [0.2, 0.25) is 0 Å². The summed E-state index contributed by atoms with van der Waals surface area (Å²) in [7, 11) is -0.567. The quantitative estimate of drug-likeness (QED) is 0.938. The molecule has 4 heteroatoms. The van der Waals surface area contributed by atoms with Crippen molar-refractivity contribution in [2.75, 3.05) is 11.5 Å². The predicted octanol–water partition coefficient (Wildman–Crippen LogP) is 3.42. The van der Waals surface area contributed by atoms with Gasteiger partial charge < -0.3 is 5.32 Å². The van der Waals surface area contributed by atoms with Gasteiger partial charge in [0.25, 0.3) is 0 Å². The second-order valence-electron chi connectivity index (χ2n) is 5.14. The molecule has 0 radical (unpaired) electrons. The molecule has 1 aromatic carbocycles. The van der Waals surface area contributed by atoms with Crippen LogP contribution in [0.25, 0.3) is 10.4 Å². The Hall–Kier alpha value is -0.970. The molecule has 0 atom stereocenters. The molecule has 106 valence electrons. The third-order valence-corrected chi connectivity index (χ3v) is 6.19. The zero-order valence-corrected chi connectivity index (χ0v) is 13.0. The van der Waals surface area contributed by atoms with Gasteiger partial charge in [0.1, 0.15) is 0 Å². The first kappa shape index (κ1) is 14.0. The van der Waals surface area contributed by atoms with Gasteiger partial charge in [0.2, 0.25) is 0 Å². The predicted molar refractivity (Wildman–Crippen MR) is 87.5 cm³/mol. The molecule has 1 aliphatic rings. The van der Waals surface area contributed by atoms with Gasteiger partial charge in [0, 0.05) is 44.6 Å². The number of nitrogens with one attached hydrogen (secondary N) is 1. The van der Waals surface area contributed by atoms with E-state index in [1.165, 1.54) is 15.3 Å². The van der Waals surface area contributed by atoms with Crippen molar-refractivity contribution in [2.24, 2.45) is 0 Å². The number of benzene rings is 1. The molecule has 2 heterocycles. The Morgan fingerprint density at radius 1 is 1.10 bits per heavy atom. The molecule has 0 saturated carbocycles. The maximum atomic E-state index is 11.3. The van der Waals surface area contributed by atoms with Gasteiger partial charge in [-0.25, -0.2) is 0 Å². The highest BCUT2D eigenvalue weighted by molar-refractivity contribution is 7.85. The van der Waals surface area contributed by atoms with Gasteiger partial charge in [-0.05, 0) is 30.5 Å². The summed E-state index contributed by atoms with van der Waals surface area (Å²) in [5.74, 6) is 1.72. The van der Waals surface area contributed by atoms with Crippen molar-refractivity contribution in [1.29, 1.82) is 0 Å². The van der Waals surface area contributed by atoms with Crippen LogP contribution in [-0.2, 0) is 17.3 Å². The van der Waals surface area contributed by atoms with E-state index in [9.17, 15) is 4.21 Å². The fourth-order valence-corrected chi connectivity index (χ4v) is 4.74. The number of hydrogen-bond donors (Lipinski definition) is 1. The van der Waals surface area contributed by atoms with E-state index in [1.54, 1.807) is 0 Å². The van der Waals surface area contributed by atoms with E-state index in [0.717, 1.165) is 30.9 Å². The van der Waals surface area contributed by atoms with Gasteiger partial charge in [-0.2, -0.15) is 0 Å². The van der Waals surface area contributed by atoms with E-state index in [2.05, 4.69) is 41.7 Å². The molecule has 1 aromatic heterocycles. The SMILES string of the molecule is O=S1CCC(NCc2ccc(-c3ccccc3)s2)CC1. The summed E-state index contributed by atoms with van der Waals surface area (Å²) >= 11 is 1.85. The van der Waals surface area contributed by atoms with Crippen molar-refractivity contribution < 1.29 is 4.21 Å². The topological polar surface area (TPSA) is 29.1 Å². The van der Waals surface area contributed by atoms with Gasteiger partial charge in [0.05, 0.1) is 0 Å². The molecule has 2 aromatic rings. The average molecular weight is 305 g/mol. The number of rotatable bonds is 4. The second-order valence-corrected chi connectivity index (χ2v) is 8.00. The van der Waals surface area contributed by atoms with Crippen molar-refractivity contribution >= 4 is 22.1 Å². The lowest BCUT2D eigenvalue weighted by molar-refractivity contribution is 0.477. The Bertz CT molecular complexity index is 569. The summed E-state index contributed by atoms with van der Waals surface area (Å²) < 4.78 is 11.3. The van der Waals surface area contributed by atoms with Crippen LogP contribution in [0.4, 0.5) is 0 Å². The second kappa shape index (κ2) is 6.66. The summed E-state index contributed by atoms with van der Waals surface area (Å²) in [6.07, 6.45) is 2.09. The van der Waals surface area contributed by atoms with Crippen molar-refractivity contribution in [3.05, 3.63) is 47.3 Å². The molecule has 1 N–H and O–H groups in total. The van der Waals surface area contributed by atoms with Crippen molar-refractivity contribution in [3.63, 3.8) is 0 Å². The number of hydrogen-bond acceptors (Lipinski definition) is 3. The summed E-state index contributed by atoms with van der Waals surface area (Å²) in [6, 6.07) is 15.5. The largest absolute Gasteiger partial charge is 0.309 e. The van der Waals surface area contributed by atoms with Crippen LogP contribution >= 0.6 is 11.3 Å². The average Bonchev–Trinajstić information content (AvgIpc) is 2.97. The molecule has 0 amide bonds. The van der Waals surface area contributed by atoms with Crippen LogP contribution in [0, 0.1) is 0 Å². The van der Waals surface area contributed by atoms with Crippen molar-refractivity contribution in [3.8, 4) is 10.4 Å². The highest BCUT2D eigenvalue weighted by Crippen LogP contribution is 2.27. The van der Waals surface area contributed by atoms with Crippen LogP contribution in [0.1, 0.15) is 17.7 Å². The van der Waals surface area contributed by atoms with E-state index in [1.807, 2.05) is 17.4 Å². The monoisotopic (exact) mass is 305 g/mol. The molecule has 0 bridgehead atoms. The van der Waals surface area contributed by atoms with Gasteiger partial charge >= 0.3 is 0 Å². The van der Waals surface area contributed by atoms with E-state index in [0.29, 0.717) is 6.04 Å². The highest BCUT2D eigenvalue weighted by Gasteiger charge is 2.17. The minimum absolute atomic E-state index is 0.537. The van der Waals surface area contributed by atoms with Crippen LogP contribution in [0.3, 0.4) is 0 Å².